The molecule has 0 aliphatic carbocycles. The van der Waals surface area contributed by atoms with Crippen LogP contribution in [0.25, 0.3) is 0 Å². The lowest BCUT2D eigenvalue weighted by molar-refractivity contribution is -0.166. The molecule has 0 bridgehead atoms. The van der Waals surface area contributed by atoms with Crippen molar-refractivity contribution in [3.8, 4) is 0 Å². The van der Waals surface area contributed by atoms with Gasteiger partial charge >= 0.3 is 17.9 Å². The van der Waals surface area contributed by atoms with Gasteiger partial charge in [-0.3, -0.25) is 14.4 Å². The van der Waals surface area contributed by atoms with Crippen LogP contribution in [0.4, 0.5) is 0 Å². The van der Waals surface area contributed by atoms with E-state index in [1.807, 2.05) is 12.2 Å². The van der Waals surface area contributed by atoms with Gasteiger partial charge in [-0.2, -0.15) is 0 Å². The fourth-order valence-electron chi connectivity index (χ4n) is 7.26. The molecule has 0 aliphatic rings. The molecule has 6 heteroatoms. The van der Waals surface area contributed by atoms with Gasteiger partial charge in [-0.05, 0) is 83.5 Å². The Hall–Kier alpha value is -3.93. The van der Waals surface area contributed by atoms with Crippen LogP contribution in [0.15, 0.2) is 109 Å². The third-order valence-electron chi connectivity index (χ3n) is 11.3. The van der Waals surface area contributed by atoms with Gasteiger partial charge in [-0.1, -0.05) is 246 Å². The van der Waals surface area contributed by atoms with Crippen LogP contribution in [0.1, 0.15) is 239 Å². The monoisotopic (exact) mass is 929 g/mol. The maximum atomic E-state index is 12.8. The number of esters is 3. The van der Waals surface area contributed by atoms with Crippen molar-refractivity contribution in [3.63, 3.8) is 0 Å². The molecule has 0 aliphatic heterocycles. The number of hydrogen-bond donors (Lipinski definition) is 0. The largest absolute Gasteiger partial charge is 0.462 e. The van der Waals surface area contributed by atoms with Gasteiger partial charge in [0.15, 0.2) is 6.10 Å². The van der Waals surface area contributed by atoms with Gasteiger partial charge in [-0.15, -0.1) is 0 Å². The quantitative estimate of drug-likeness (QED) is 0.0262. The molecular formula is C61H100O6. The second kappa shape index (κ2) is 54.7. The molecule has 67 heavy (non-hydrogen) atoms. The zero-order valence-corrected chi connectivity index (χ0v) is 43.4. The average Bonchev–Trinajstić information content (AvgIpc) is 3.33. The average molecular weight is 929 g/mol. The van der Waals surface area contributed by atoms with Crippen molar-refractivity contribution in [1.29, 1.82) is 0 Å². The first-order valence-corrected chi connectivity index (χ1v) is 27.4. The highest BCUT2D eigenvalue weighted by molar-refractivity contribution is 5.71. The molecule has 0 N–H and O–H groups in total. The van der Waals surface area contributed by atoms with Crippen LogP contribution in [-0.4, -0.2) is 37.2 Å². The van der Waals surface area contributed by atoms with Crippen molar-refractivity contribution in [2.45, 2.75) is 245 Å². The maximum absolute atomic E-state index is 12.8. The smallest absolute Gasteiger partial charge is 0.306 e. The van der Waals surface area contributed by atoms with Gasteiger partial charge in [0, 0.05) is 19.3 Å². The SMILES string of the molecule is CC/C=C\C/C=C\C/C=C\C/C=C\C/C=C\C/C=C\CCC(=O)OCC(COC(=O)CCC/C=C\C/C=C\C/C=C\CC)OC(=O)CCCCCCCCCCCCCCCCCCCCC. The molecule has 0 saturated carbocycles. The Bertz CT molecular complexity index is 1390. The Morgan fingerprint density at radius 1 is 0.313 bits per heavy atom. The molecule has 0 aromatic carbocycles. The number of allylic oxidation sites excluding steroid dienone is 18. The number of rotatable bonds is 48. The number of unbranched alkanes of at least 4 members (excludes halogenated alkanes) is 19. The molecule has 0 radical (unpaired) electrons. The van der Waals surface area contributed by atoms with Crippen LogP contribution < -0.4 is 0 Å². The maximum Gasteiger partial charge on any atom is 0.306 e. The highest BCUT2D eigenvalue weighted by Gasteiger charge is 2.19. The molecule has 1 atom stereocenters. The fourth-order valence-corrected chi connectivity index (χ4v) is 7.26. The molecule has 0 saturated heterocycles. The predicted molar refractivity (Wildman–Crippen MR) is 288 cm³/mol. The van der Waals surface area contributed by atoms with Crippen molar-refractivity contribution in [2.75, 3.05) is 13.2 Å². The number of carbonyl (C=O) groups is 3. The molecule has 0 rings (SSSR count). The minimum Gasteiger partial charge on any atom is -0.462 e. The molecular weight excluding hydrogens is 829 g/mol. The van der Waals surface area contributed by atoms with Crippen molar-refractivity contribution < 1.29 is 28.6 Å². The number of carbonyl (C=O) groups excluding carboxylic acids is 3. The normalized spacial score (nSPS) is 12.9. The molecule has 0 aromatic heterocycles. The Kier molecular flexibility index (Phi) is 51.5. The van der Waals surface area contributed by atoms with E-state index < -0.39 is 6.10 Å². The van der Waals surface area contributed by atoms with Crippen LogP contribution in [-0.2, 0) is 28.6 Å². The summed E-state index contributed by atoms with van der Waals surface area (Å²) in [7, 11) is 0. The van der Waals surface area contributed by atoms with Crippen LogP contribution in [0, 0.1) is 0 Å². The van der Waals surface area contributed by atoms with Crippen LogP contribution in [0.5, 0.6) is 0 Å². The number of hydrogen-bond acceptors (Lipinski definition) is 6. The van der Waals surface area contributed by atoms with Crippen molar-refractivity contribution in [1.82, 2.24) is 0 Å². The van der Waals surface area contributed by atoms with Crippen LogP contribution >= 0.6 is 0 Å². The summed E-state index contributed by atoms with van der Waals surface area (Å²) in [5, 5.41) is 0. The Balaban J connectivity index is 4.48. The summed E-state index contributed by atoms with van der Waals surface area (Å²) in [5.74, 6) is -1.06. The van der Waals surface area contributed by atoms with Crippen molar-refractivity contribution in [2.24, 2.45) is 0 Å². The van der Waals surface area contributed by atoms with E-state index in [9.17, 15) is 14.4 Å². The first-order valence-electron chi connectivity index (χ1n) is 27.4. The van der Waals surface area contributed by atoms with E-state index in [0.29, 0.717) is 19.3 Å². The summed E-state index contributed by atoms with van der Waals surface area (Å²) >= 11 is 0. The van der Waals surface area contributed by atoms with Crippen molar-refractivity contribution >= 4 is 17.9 Å². The van der Waals surface area contributed by atoms with Gasteiger partial charge in [0.05, 0.1) is 0 Å². The Labute approximate surface area is 412 Å². The molecule has 0 amide bonds. The minimum absolute atomic E-state index is 0.128. The van der Waals surface area contributed by atoms with E-state index in [-0.39, 0.29) is 44.0 Å². The summed E-state index contributed by atoms with van der Waals surface area (Å²) in [6.07, 6.45) is 73.9. The van der Waals surface area contributed by atoms with E-state index >= 15 is 0 Å². The zero-order valence-electron chi connectivity index (χ0n) is 43.4. The first-order chi connectivity index (χ1) is 33.0. The summed E-state index contributed by atoms with van der Waals surface area (Å²) < 4.78 is 16.7. The van der Waals surface area contributed by atoms with E-state index in [4.69, 9.17) is 14.2 Å². The Morgan fingerprint density at radius 3 is 0.985 bits per heavy atom. The topological polar surface area (TPSA) is 78.9 Å². The van der Waals surface area contributed by atoms with Crippen LogP contribution in [0.3, 0.4) is 0 Å². The molecule has 0 spiro atoms. The lowest BCUT2D eigenvalue weighted by Crippen LogP contribution is -2.30. The van der Waals surface area contributed by atoms with E-state index in [0.717, 1.165) is 83.5 Å². The molecule has 0 fully saturated rings. The minimum atomic E-state index is -0.828. The number of ether oxygens (including phenoxy) is 3. The van der Waals surface area contributed by atoms with Gasteiger partial charge in [0.2, 0.25) is 0 Å². The van der Waals surface area contributed by atoms with Crippen LogP contribution in [0.2, 0.25) is 0 Å². The zero-order chi connectivity index (χ0) is 48.6. The standard InChI is InChI=1S/C61H100O6/c1-4-7-10-13-16-19-22-24-26-28-30-32-34-36-39-42-45-48-51-54-60(63)66-57-58(56-65-59(62)53-50-47-44-41-38-21-18-15-12-9-6-3)67-61(64)55-52-49-46-43-40-37-35-33-31-29-27-25-23-20-17-14-11-8-5-2/h7,9-10,12,16,18-19,21,24,26,30,32,36,39,41,44-45,48,58H,4-6,8,11,13-15,17,20,22-23,25,27-29,31,33-35,37-38,40,42-43,46-47,49-57H2,1-3H3/b10-7-,12-9-,19-16-,21-18-,26-24-,32-30-,39-36-,44-41-,48-45-. The Morgan fingerprint density at radius 2 is 0.612 bits per heavy atom. The second-order valence-corrected chi connectivity index (χ2v) is 17.7. The van der Waals surface area contributed by atoms with E-state index in [1.54, 1.807) is 0 Å². The van der Waals surface area contributed by atoms with Gasteiger partial charge in [0.25, 0.3) is 0 Å². The lowest BCUT2D eigenvalue weighted by atomic mass is 10.0. The molecule has 1 unspecified atom stereocenters. The summed E-state index contributed by atoms with van der Waals surface area (Å²) in [6, 6.07) is 0. The summed E-state index contributed by atoms with van der Waals surface area (Å²) in [4.78, 5) is 38.0. The third-order valence-corrected chi connectivity index (χ3v) is 11.3. The van der Waals surface area contributed by atoms with Gasteiger partial charge in [-0.25, -0.2) is 0 Å². The molecule has 0 aromatic rings. The van der Waals surface area contributed by atoms with Gasteiger partial charge < -0.3 is 14.2 Å². The first kappa shape index (κ1) is 63.1. The lowest BCUT2D eigenvalue weighted by Gasteiger charge is -2.18. The second-order valence-electron chi connectivity index (χ2n) is 17.7. The van der Waals surface area contributed by atoms with Gasteiger partial charge in [0.1, 0.15) is 13.2 Å². The van der Waals surface area contributed by atoms with E-state index in [1.165, 1.54) is 103 Å². The van der Waals surface area contributed by atoms with E-state index in [2.05, 4.69) is 118 Å². The summed E-state index contributed by atoms with van der Waals surface area (Å²) in [5.41, 5.74) is 0. The molecule has 6 nitrogen and oxygen atoms in total. The molecule has 380 valence electrons. The third kappa shape index (κ3) is 52.9. The highest BCUT2D eigenvalue weighted by atomic mass is 16.6. The van der Waals surface area contributed by atoms with Crippen molar-refractivity contribution in [3.05, 3.63) is 109 Å². The predicted octanol–water partition coefficient (Wildman–Crippen LogP) is 18.3. The fraction of sp³-hybridized carbons (Fsp3) is 0.656. The summed E-state index contributed by atoms with van der Waals surface area (Å²) in [6.45, 7) is 6.30. The highest BCUT2D eigenvalue weighted by Crippen LogP contribution is 2.15. The molecule has 0 heterocycles.